The van der Waals surface area contributed by atoms with Crippen molar-refractivity contribution in [3.05, 3.63) is 35.4 Å². The second kappa shape index (κ2) is 6.59. The standard InChI is InChI=1S/C13H21NO/c1-4-11(2)15-10-13-8-6-5-7-12(13)9-14-3/h5-8,11,14H,4,9-10H2,1-3H3. The predicted octanol–water partition coefficient (Wildman–Crippen LogP) is 2.72. The number of hydrogen-bond donors (Lipinski definition) is 1. The predicted molar refractivity (Wildman–Crippen MR) is 63.7 cm³/mol. The van der Waals surface area contributed by atoms with Gasteiger partial charge in [-0.3, -0.25) is 0 Å². The van der Waals surface area contributed by atoms with Crippen molar-refractivity contribution in [2.45, 2.75) is 39.5 Å². The molecule has 84 valence electrons. The van der Waals surface area contributed by atoms with Gasteiger partial charge in [-0.25, -0.2) is 0 Å². The lowest BCUT2D eigenvalue weighted by Crippen LogP contribution is -2.11. The largest absolute Gasteiger partial charge is 0.374 e. The van der Waals surface area contributed by atoms with Crippen LogP contribution in [0.3, 0.4) is 0 Å². The smallest absolute Gasteiger partial charge is 0.0723 e. The lowest BCUT2D eigenvalue weighted by Gasteiger charge is -2.13. The van der Waals surface area contributed by atoms with Gasteiger partial charge in [0.05, 0.1) is 12.7 Å². The fourth-order valence-corrected chi connectivity index (χ4v) is 1.41. The summed E-state index contributed by atoms with van der Waals surface area (Å²) in [4.78, 5) is 0. The van der Waals surface area contributed by atoms with Gasteiger partial charge in [0.1, 0.15) is 0 Å². The second-order valence-corrected chi connectivity index (χ2v) is 3.83. The summed E-state index contributed by atoms with van der Waals surface area (Å²) in [5.41, 5.74) is 2.61. The van der Waals surface area contributed by atoms with Crippen LogP contribution in [0, 0.1) is 0 Å². The van der Waals surface area contributed by atoms with Crippen LogP contribution < -0.4 is 5.32 Å². The van der Waals surface area contributed by atoms with E-state index in [1.165, 1.54) is 11.1 Å². The Morgan fingerprint density at radius 2 is 1.93 bits per heavy atom. The van der Waals surface area contributed by atoms with Crippen molar-refractivity contribution in [2.75, 3.05) is 7.05 Å². The van der Waals surface area contributed by atoms with Crippen LogP contribution in [-0.4, -0.2) is 13.2 Å². The van der Waals surface area contributed by atoms with Gasteiger partial charge < -0.3 is 10.1 Å². The van der Waals surface area contributed by atoms with E-state index in [1.54, 1.807) is 0 Å². The van der Waals surface area contributed by atoms with Gasteiger partial charge in [0.2, 0.25) is 0 Å². The molecule has 0 fully saturated rings. The van der Waals surface area contributed by atoms with Crippen LogP contribution >= 0.6 is 0 Å². The van der Waals surface area contributed by atoms with Crippen molar-refractivity contribution in [1.82, 2.24) is 5.32 Å². The zero-order valence-corrected chi connectivity index (χ0v) is 9.92. The van der Waals surface area contributed by atoms with Crippen molar-refractivity contribution >= 4 is 0 Å². The van der Waals surface area contributed by atoms with Crippen molar-refractivity contribution in [3.8, 4) is 0 Å². The Bertz CT molecular complexity index is 286. The normalized spacial score (nSPS) is 12.7. The summed E-state index contributed by atoms with van der Waals surface area (Å²) in [5, 5.41) is 3.17. The molecule has 2 heteroatoms. The second-order valence-electron chi connectivity index (χ2n) is 3.83. The molecule has 0 aliphatic carbocycles. The highest BCUT2D eigenvalue weighted by Gasteiger charge is 2.03. The third-order valence-electron chi connectivity index (χ3n) is 2.58. The van der Waals surface area contributed by atoms with Crippen LogP contribution in [0.2, 0.25) is 0 Å². The number of rotatable bonds is 6. The summed E-state index contributed by atoms with van der Waals surface area (Å²) in [6, 6.07) is 8.41. The quantitative estimate of drug-likeness (QED) is 0.774. The first-order valence-corrected chi connectivity index (χ1v) is 5.61. The highest BCUT2D eigenvalue weighted by atomic mass is 16.5. The maximum absolute atomic E-state index is 5.74. The highest BCUT2D eigenvalue weighted by molar-refractivity contribution is 5.26. The molecular weight excluding hydrogens is 186 g/mol. The maximum Gasteiger partial charge on any atom is 0.0723 e. The molecule has 0 saturated heterocycles. The molecule has 2 nitrogen and oxygen atoms in total. The maximum atomic E-state index is 5.74. The van der Waals surface area contributed by atoms with E-state index in [-0.39, 0.29) is 0 Å². The van der Waals surface area contributed by atoms with E-state index in [0.717, 1.165) is 13.0 Å². The van der Waals surface area contributed by atoms with Crippen molar-refractivity contribution in [3.63, 3.8) is 0 Å². The monoisotopic (exact) mass is 207 g/mol. The average Bonchev–Trinajstić information content (AvgIpc) is 2.28. The highest BCUT2D eigenvalue weighted by Crippen LogP contribution is 2.11. The molecule has 1 unspecified atom stereocenters. The van der Waals surface area contributed by atoms with E-state index < -0.39 is 0 Å². The van der Waals surface area contributed by atoms with Crippen LogP contribution in [-0.2, 0) is 17.9 Å². The lowest BCUT2D eigenvalue weighted by atomic mass is 10.1. The Labute approximate surface area is 92.6 Å². The van der Waals surface area contributed by atoms with Crippen molar-refractivity contribution in [2.24, 2.45) is 0 Å². The minimum atomic E-state index is 0.340. The Kier molecular flexibility index (Phi) is 5.37. The third-order valence-corrected chi connectivity index (χ3v) is 2.58. The number of hydrogen-bond acceptors (Lipinski definition) is 2. The van der Waals surface area contributed by atoms with Gasteiger partial charge in [-0.05, 0) is 31.5 Å². The molecule has 0 saturated carbocycles. The molecule has 0 spiro atoms. The molecule has 0 radical (unpaired) electrons. The Balaban J connectivity index is 2.58. The minimum Gasteiger partial charge on any atom is -0.374 e. The van der Waals surface area contributed by atoms with Crippen molar-refractivity contribution < 1.29 is 4.74 Å². The van der Waals surface area contributed by atoms with Crippen LogP contribution in [0.1, 0.15) is 31.4 Å². The molecule has 0 aliphatic heterocycles. The zero-order chi connectivity index (χ0) is 11.1. The van der Waals surface area contributed by atoms with E-state index in [9.17, 15) is 0 Å². The molecule has 0 heterocycles. The Hall–Kier alpha value is -0.860. The van der Waals surface area contributed by atoms with E-state index in [0.29, 0.717) is 12.7 Å². The fraction of sp³-hybridized carbons (Fsp3) is 0.538. The Morgan fingerprint density at radius 3 is 2.53 bits per heavy atom. The van der Waals surface area contributed by atoms with E-state index in [1.807, 2.05) is 7.05 Å². The van der Waals surface area contributed by atoms with Gasteiger partial charge in [0, 0.05) is 6.54 Å². The van der Waals surface area contributed by atoms with Gasteiger partial charge >= 0.3 is 0 Å². The van der Waals surface area contributed by atoms with Gasteiger partial charge in [-0.1, -0.05) is 31.2 Å². The summed E-state index contributed by atoms with van der Waals surface area (Å²) in [6.45, 7) is 5.87. The zero-order valence-electron chi connectivity index (χ0n) is 9.92. The molecule has 0 aliphatic rings. The van der Waals surface area contributed by atoms with Crippen LogP contribution in [0.15, 0.2) is 24.3 Å². The van der Waals surface area contributed by atoms with Crippen molar-refractivity contribution in [1.29, 1.82) is 0 Å². The SMILES string of the molecule is CCC(C)OCc1ccccc1CNC. The summed E-state index contributed by atoms with van der Waals surface area (Å²) < 4.78 is 5.74. The van der Waals surface area contributed by atoms with Gasteiger partial charge in [-0.2, -0.15) is 0 Å². The van der Waals surface area contributed by atoms with Gasteiger partial charge in [0.25, 0.3) is 0 Å². The molecule has 1 aromatic carbocycles. The molecule has 1 N–H and O–H groups in total. The summed E-state index contributed by atoms with van der Waals surface area (Å²) >= 11 is 0. The number of ether oxygens (including phenoxy) is 1. The van der Waals surface area contributed by atoms with E-state index in [2.05, 4.69) is 43.4 Å². The molecule has 1 rings (SSSR count). The molecule has 1 atom stereocenters. The first-order chi connectivity index (χ1) is 7.27. The molecule has 0 bridgehead atoms. The van der Waals surface area contributed by atoms with Crippen LogP contribution in [0.25, 0.3) is 0 Å². The number of nitrogens with one attached hydrogen (secondary N) is 1. The molecule has 1 aromatic rings. The first kappa shape index (κ1) is 12.2. The molecule has 15 heavy (non-hydrogen) atoms. The molecule has 0 aromatic heterocycles. The summed E-state index contributed by atoms with van der Waals surface area (Å²) in [7, 11) is 1.96. The molecule has 0 amide bonds. The summed E-state index contributed by atoms with van der Waals surface area (Å²) in [6.07, 6.45) is 1.40. The molecular formula is C13H21NO. The average molecular weight is 207 g/mol. The summed E-state index contributed by atoms with van der Waals surface area (Å²) in [5.74, 6) is 0. The van der Waals surface area contributed by atoms with E-state index in [4.69, 9.17) is 4.74 Å². The van der Waals surface area contributed by atoms with Gasteiger partial charge in [0.15, 0.2) is 0 Å². The lowest BCUT2D eigenvalue weighted by molar-refractivity contribution is 0.0504. The fourth-order valence-electron chi connectivity index (χ4n) is 1.41. The first-order valence-electron chi connectivity index (χ1n) is 5.61. The number of benzene rings is 1. The third kappa shape index (κ3) is 4.02. The van der Waals surface area contributed by atoms with Crippen LogP contribution in [0.5, 0.6) is 0 Å². The van der Waals surface area contributed by atoms with Crippen LogP contribution in [0.4, 0.5) is 0 Å². The Morgan fingerprint density at radius 1 is 1.27 bits per heavy atom. The topological polar surface area (TPSA) is 21.3 Å². The van der Waals surface area contributed by atoms with E-state index >= 15 is 0 Å². The minimum absolute atomic E-state index is 0.340. The van der Waals surface area contributed by atoms with Gasteiger partial charge in [-0.15, -0.1) is 0 Å².